The predicted molar refractivity (Wildman–Crippen MR) is 264 cm³/mol. The standard InChI is InChI=1S/C57H48N2P2/c1(2-4-12-30-48-32-26-28-46-56(48)58-60(50-34-14-6-15-35-50,51-36-16-7-17-37-51)52-38-18-8-19-39-52)3-5-13-31-49-33-27-29-47-57(49)59-61(53-40-20-9-21-41-53,54-42-22-10-23-43-54)55-44-24-11-25-45-55/h6-11,14-29,32-47H,1-5H2. The SMILES string of the molecule is C(#Cc1ccccc1N=P(c1ccccc1)(c1ccccc1)c1ccccc1)CCCCCC#Cc1ccccc1N=P(c1ccccc1)(c1ccccc1)c1ccccc1. The van der Waals surface area contributed by atoms with Gasteiger partial charge in [0.2, 0.25) is 0 Å². The number of hydrogen-bond acceptors (Lipinski definition) is 2. The minimum absolute atomic E-state index is 0.823. The highest BCUT2D eigenvalue weighted by atomic mass is 31.2. The first-order valence-corrected chi connectivity index (χ1v) is 24.5. The summed E-state index contributed by atoms with van der Waals surface area (Å²) in [7, 11) is -4.80. The van der Waals surface area contributed by atoms with Crippen molar-refractivity contribution in [3.05, 3.63) is 242 Å². The van der Waals surface area contributed by atoms with E-state index in [4.69, 9.17) is 9.49 Å². The lowest BCUT2D eigenvalue weighted by molar-refractivity contribution is 0.709. The molecule has 8 aromatic rings. The fraction of sp³-hybridized carbons (Fsp3) is 0.0877. The van der Waals surface area contributed by atoms with Gasteiger partial charge in [-0.3, -0.25) is 9.49 Å². The fourth-order valence-electron chi connectivity index (χ4n) is 7.68. The molecule has 0 saturated heterocycles. The molecule has 4 heteroatoms. The molecule has 0 fully saturated rings. The molecule has 0 spiro atoms. The van der Waals surface area contributed by atoms with E-state index in [1.165, 1.54) is 31.8 Å². The van der Waals surface area contributed by atoms with Gasteiger partial charge in [-0.25, -0.2) is 0 Å². The molecule has 0 aliphatic rings. The van der Waals surface area contributed by atoms with Gasteiger partial charge in [0.25, 0.3) is 0 Å². The summed E-state index contributed by atoms with van der Waals surface area (Å²) in [5, 5.41) is 7.32. The van der Waals surface area contributed by atoms with Crippen LogP contribution in [0.5, 0.6) is 0 Å². The van der Waals surface area contributed by atoms with Crippen molar-refractivity contribution in [3.63, 3.8) is 0 Å². The first-order valence-electron chi connectivity index (χ1n) is 21.0. The number of rotatable bonds is 12. The van der Waals surface area contributed by atoms with Gasteiger partial charge >= 0.3 is 0 Å². The van der Waals surface area contributed by atoms with Gasteiger partial charge in [-0.1, -0.05) is 236 Å². The number of hydrogen-bond donors (Lipinski definition) is 0. The van der Waals surface area contributed by atoms with Gasteiger partial charge in [0, 0.05) is 44.7 Å². The lowest BCUT2D eigenvalue weighted by atomic mass is 10.1. The Bertz CT molecular complexity index is 2480. The Morgan fingerprint density at radius 3 is 0.803 bits per heavy atom. The Labute approximate surface area is 362 Å². The van der Waals surface area contributed by atoms with Crippen molar-refractivity contribution >= 4 is 57.3 Å². The van der Waals surface area contributed by atoms with Crippen LogP contribution in [0.2, 0.25) is 0 Å². The Kier molecular flexibility index (Phi) is 13.8. The molecule has 8 rings (SSSR count). The van der Waals surface area contributed by atoms with Gasteiger partial charge in [-0.05, 0) is 37.1 Å². The van der Waals surface area contributed by atoms with Crippen LogP contribution in [0.1, 0.15) is 43.2 Å². The van der Waals surface area contributed by atoms with E-state index in [1.54, 1.807) is 0 Å². The third-order valence-corrected chi connectivity index (χ3v) is 18.0. The van der Waals surface area contributed by atoms with Gasteiger partial charge in [-0.15, -0.1) is 0 Å². The van der Waals surface area contributed by atoms with Crippen molar-refractivity contribution in [1.29, 1.82) is 0 Å². The molecular weight excluding hydrogens is 775 g/mol. The van der Waals surface area contributed by atoms with Gasteiger partial charge in [0.1, 0.15) is 0 Å². The highest BCUT2D eigenvalue weighted by molar-refractivity contribution is 7.88. The van der Waals surface area contributed by atoms with Crippen LogP contribution >= 0.6 is 14.1 Å². The second kappa shape index (κ2) is 20.5. The summed E-state index contributed by atoms with van der Waals surface area (Å²) in [6.45, 7) is 0. The van der Waals surface area contributed by atoms with Crippen molar-refractivity contribution < 1.29 is 0 Å². The third-order valence-electron chi connectivity index (χ3n) is 10.7. The van der Waals surface area contributed by atoms with E-state index in [2.05, 4.69) is 254 Å². The summed E-state index contributed by atoms with van der Waals surface area (Å²) >= 11 is 0. The first kappa shape index (κ1) is 41.1. The van der Waals surface area contributed by atoms with Crippen LogP contribution in [0.4, 0.5) is 11.4 Å². The van der Waals surface area contributed by atoms with E-state index in [9.17, 15) is 0 Å². The molecule has 0 radical (unpaired) electrons. The predicted octanol–water partition coefficient (Wildman–Crippen LogP) is 12.7. The lowest BCUT2D eigenvalue weighted by Crippen LogP contribution is -2.25. The molecule has 8 aromatic carbocycles. The van der Waals surface area contributed by atoms with Crippen molar-refractivity contribution in [1.82, 2.24) is 0 Å². The van der Waals surface area contributed by atoms with Crippen LogP contribution < -0.4 is 31.8 Å². The zero-order valence-electron chi connectivity index (χ0n) is 34.3. The summed E-state index contributed by atoms with van der Waals surface area (Å²) in [4.78, 5) is 0. The summed E-state index contributed by atoms with van der Waals surface area (Å²) in [5.74, 6) is 14.0. The van der Waals surface area contributed by atoms with Gasteiger partial charge in [0.15, 0.2) is 0 Å². The second-order valence-electron chi connectivity index (χ2n) is 14.7. The molecule has 0 amide bonds. The monoisotopic (exact) mass is 822 g/mol. The zero-order valence-corrected chi connectivity index (χ0v) is 36.1. The maximum Gasteiger partial charge on any atom is 0.0781 e. The van der Waals surface area contributed by atoms with E-state index < -0.39 is 14.1 Å². The Morgan fingerprint density at radius 1 is 0.279 bits per heavy atom. The summed E-state index contributed by atoms with van der Waals surface area (Å²) in [6.07, 6.45) is 4.76. The molecule has 296 valence electrons. The summed E-state index contributed by atoms with van der Waals surface area (Å²) in [5.41, 5.74) is 3.78. The maximum atomic E-state index is 5.73. The van der Waals surface area contributed by atoms with Gasteiger partial charge in [0.05, 0.1) is 36.6 Å². The highest BCUT2D eigenvalue weighted by Gasteiger charge is 2.29. The summed E-state index contributed by atoms with van der Waals surface area (Å²) in [6, 6.07) is 81.3. The molecule has 0 saturated carbocycles. The number of nitrogens with zero attached hydrogens (tertiary/aromatic N) is 2. The number of unbranched alkanes of at least 4 members (excludes halogenated alkanes) is 4. The number of benzene rings is 8. The average molecular weight is 823 g/mol. The first-order chi connectivity index (χ1) is 30.3. The van der Waals surface area contributed by atoms with Crippen molar-refractivity contribution in [2.45, 2.75) is 32.1 Å². The third kappa shape index (κ3) is 9.55. The summed E-state index contributed by atoms with van der Waals surface area (Å²) < 4.78 is 11.5. The second-order valence-corrected chi connectivity index (χ2v) is 20.7. The van der Waals surface area contributed by atoms with Crippen LogP contribution in [0.25, 0.3) is 0 Å². The molecular formula is C57H48N2P2. The minimum Gasteiger partial charge on any atom is -0.253 e. The molecule has 0 heterocycles. The largest absolute Gasteiger partial charge is 0.253 e. The van der Waals surface area contributed by atoms with Gasteiger partial charge in [-0.2, -0.15) is 0 Å². The molecule has 0 N–H and O–H groups in total. The topological polar surface area (TPSA) is 24.7 Å². The van der Waals surface area contributed by atoms with Gasteiger partial charge < -0.3 is 0 Å². The average Bonchev–Trinajstić information content (AvgIpc) is 3.34. The quantitative estimate of drug-likeness (QED) is 0.0666. The van der Waals surface area contributed by atoms with E-state index in [-0.39, 0.29) is 0 Å². The highest BCUT2D eigenvalue weighted by Crippen LogP contribution is 2.51. The molecule has 0 aromatic heterocycles. The minimum atomic E-state index is -2.40. The zero-order chi connectivity index (χ0) is 41.4. The smallest absolute Gasteiger partial charge is 0.0781 e. The van der Waals surface area contributed by atoms with Crippen molar-refractivity contribution in [3.8, 4) is 23.7 Å². The molecule has 0 aliphatic heterocycles. The van der Waals surface area contributed by atoms with Crippen LogP contribution in [0, 0.1) is 23.7 Å². The van der Waals surface area contributed by atoms with Crippen LogP contribution in [-0.4, -0.2) is 0 Å². The van der Waals surface area contributed by atoms with E-state index in [1.807, 2.05) is 0 Å². The van der Waals surface area contributed by atoms with Crippen LogP contribution in [0.3, 0.4) is 0 Å². The molecule has 0 bridgehead atoms. The van der Waals surface area contributed by atoms with Crippen molar-refractivity contribution in [2.75, 3.05) is 0 Å². The lowest BCUT2D eigenvalue weighted by Gasteiger charge is -2.27. The maximum absolute atomic E-state index is 5.73. The van der Waals surface area contributed by atoms with E-state index in [0.29, 0.717) is 0 Å². The molecule has 61 heavy (non-hydrogen) atoms. The molecule has 0 unspecified atom stereocenters. The fourth-order valence-corrected chi connectivity index (χ4v) is 14.8. The Hall–Kier alpha value is -6.66. The van der Waals surface area contributed by atoms with E-state index in [0.717, 1.165) is 54.6 Å². The Balaban J connectivity index is 0.997. The Morgan fingerprint density at radius 2 is 0.525 bits per heavy atom. The molecule has 2 nitrogen and oxygen atoms in total. The molecule has 0 atom stereocenters. The normalized spacial score (nSPS) is 11.0. The van der Waals surface area contributed by atoms with E-state index >= 15 is 0 Å². The van der Waals surface area contributed by atoms with Crippen molar-refractivity contribution in [2.24, 2.45) is 9.49 Å². The van der Waals surface area contributed by atoms with Crippen LogP contribution in [0.15, 0.2) is 240 Å². The molecule has 0 aliphatic carbocycles. The van der Waals surface area contributed by atoms with Crippen LogP contribution in [-0.2, 0) is 0 Å².